The molecule has 0 aliphatic rings. The normalized spacial score (nSPS) is 10.7. The van der Waals surface area contributed by atoms with Gasteiger partial charge in [0.15, 0.2) is 0 Å². The molecule has 32 heavy (non-hydrogen) atoms. The van der Waals surface area contributed by atoms with Crippen LogP contribution in [0.15, 0.2) is 69.9 Å². The van der Waals surface area contributed by atoms with Crippen LogP contribution in [0.25, 0.3) is 0 Å². The molecule has 2 aromatic heterocycles. The zero-order valence-corrected chi connectivity index (χ0v) is 19.7. The number of hydrogen-bond donors (Lipinski definition) is 1. The molecular formula is C23H27BrN4O4. The predicted octanol–water partition coefficient (Wildman–Crippen LogP) is 4.09. The van der Waals surface area contributed by atoms with Crippen molar-refractivity contribution in [3.63, 3.8) is 0 Å². The van der Waals surface area contributed by atoms with Crippen molar-refractivity contribution in [3.05, 3.63) is 76.9 Å². The second kappa shape index (κ2) is 11.5. The van der Waals surface area contributed by atoms with Gasteiger partial charge in [0, 0.05) is 42.8 Å². The van der Waals surface area contributed by atoms with Crippen molar-refractivity contribution in [2.45, 2.75) is 13.1 Å². The quantitative estimate of drug-likeness (QED) is 0.452. The fourth-order valence-electron chi connectivity index (χ4n) is 3.17. The van der Waals surface area contributed by atoms with Crippen LogP contribution in [0.2, 0.25) is 0 Å². The van der Waals surface area contributed by atoms with Crippen LogP contribution in [0.1, 0.15) is 11.5 Å². The highest BCUT2D eigenvalue weighted by atomic mass is 79.9. The van der Waals surface area contributed by atoms with Crippen LogP contribution in [0.4, 0.5) is 10.5 Å². The van der Waals surface area contributed by atoms with E-state index in [1.807, 2.05) is 48.1 Å². The molecule has 0 aliphatic carbocycles. The Hall–Kier alpha value is -3.04. The molecule has 9 heteroatoms. The number of aryl methyl sites for hydroxylation is 1. The highest BCUT2D eigenvalue weighted by Crippen LogP contribution is 2.17. The minimum atomic E-state index is -0.370. The fraction of sp³-hybridized carbons (Fsp3) is 0.304. The van der Waals surface area contributed by atoms with Crippen LogP contribution in [0.3, 0.4) is 0 Å². The maximum absolute atomic E-state index is 13.3. The van der Waals surface area contributed by atoms with Crippen LogP contribution < -0.4 is 5.32 Å². The molecule has 3 rings (SSSR count). The van der Waals surface area contributed by atoms with Gasteiger partial charge in [0.2, 0.25) is 5.91 Å². The molecule has 0 saturated heterocycles. The monoisotopic (exact) mass is 502 g/mol. The van der Waals surface area contributed by atoms with E-state index < -0.39 is 0 Å². The Morgan fingerprint density at radius 1 is 1.12 bits per heavy atom. The number of methoxy groups -OCH3 is 1. The van der Waals surface area contributed by atoms with Gasteiger partial charge in [0.1, 0.15) is 12.3 Å². The molecular weight excluding hydrogens is 476 g/mol. The average molecular weight is 503 g/mol. The number of rotatable bonds is 10. The van der Waals surface area contributed by atoms with Gasteiger partial charge >= 0.3 is 6.03 Å². The first-order chi connectivity index (χ1) is 15.5. The molecule has 8 nitrogen and oxygen atoms in total. The molecule has 3 amide bonds. The van der Waals surface area contributed by atoms with E-state index in [9.17, 15) is 9.59 Å². The molecule has 0 fully saturated rings. The van der Waals surface area contributed by atoms with E-state index in [2.05, 4.69) is 21.2 Å². The molecule has 3 aromatic rings. The average Bonchev–Trinajstić information content (AvgIpc) is 3.42. The lowest BCUT2D eigenvalue weighted by Crippen LogP contribution is -2.45. The highest BCUT2D eigenvalue weighted by Gasteiger charge is 2.23. The Morgan fingerprint density at radius 3 is 2.62 bits per heavy atom. The smallest absolute Gasteiger partial charge is 0.322 e. The van der Waals surface area contributed by atoms with E-state index in [-0.39, 0.29) is 25.0 Å². The molecule has 0 radical (unpaired) electrons. The standard InChI is InChI=1S/C23H27BrN4O4/c1-26-10-4-8-20(26)15-28(16-21-9-5-12-32-21)22(29)17-27(11-13-31-2)23(30)25-19-7-3-6-18(24)14-19/h3-10,12,14H,11,13,15-17H2,1-2H3,(H,25,30). The Labute approximate surface area is 195 Å². The van der Waals surface area contributed by atoms with Gasteiger partial charge in [-0.15, -0.1) is 0 Å². The third-order valence-electron chi connectivity index (χ3n) is 4.94. The first-order valence-corrected chi connectivity index (χ1v) is 11.0. The van der Waals surface area contributed by atoms with Crippen LogP contribution in [-0.2, 0) is 29.7 Å². The molecule has 1 aromatic carbocycles. The van der Waals surface area contributed by atoms with Gasteiger partial charge in [-0.3, -0.25) is 4.79 Å². The molecule has 0 atom stereocenters. The van der Waals surface area contributed by atoms with Crippen molar-refractivity contribution in [2.75, 3.05) is 32.1 Å². The molecule has 1 N–H and O–H groups in total. The van der Waals surface area contributed by atoms with Crippen molar-refractivity contribution in [2.24, 2.45) is 7.05 Å². The number of anilines is 1. The Bertz CT molecular complexity index is 1020. The van der Waals surface area contributed by atoms with Crippen molar-refractivity contribution in [1.82, 2.24) is 14.4 Å². The molecule has 2 heterocycles. The van der Waals surface area contributed by atoms with Gasteiger partial charge < -0.3 is 28.8 Å². The van der Waals surface area contributed by atoms with Crippen molar-refractivity contribution in [1.29, 1.82) is 0 Å². The summed E-state index contributed by atoms with van der Waals surface area (Å²) in [5.41, 5.74) is 1.61. The lowest BCUT2D eigenvalue weighted by Gasteiger charge is -2.27. The number of ether oxygens (including phenoxy) is 1. The summed E-state index contributed by atoms with van der Waals surface area (Å²) >= 11 is 3.40. The van der Waals surface area contributed by atoms with Gasteiger partial charge in [-0.25, -0.2) is 4.79 Å². The van der Waals surface area contributed by atoms with Crippen molar-refractivity contribution >= 4 is 33.6 Å². The van der Waals surface area contributed by atoms with E-state index in [0.29, 0.717) is 31.1 Å². The summed E-state index contributed by atoms with van der Waals surface area (Å²) in [6, 6.07) is 14.4. The zero-order valence-electron chi connectivity index (χ0n) is 18.2. The third kappa shape index (κ3) is 6.73. The van der Waals surface area contributed by atoms with Crippen molar-refractivity contribution < 1.29 is 18.7 Å². The number of hydrogen-bond acceptors (Lipinski definition) is 4. The number of urea groups is 1. The minimum absolute atomic E-state index is 0.0890. The molecule has 0 bridgehead atoms. The minimum Gasteiger partial charge on any atom is -0.467 e. The molecule has 0 spiro atoms. The number of aromatic nitrogens is 1. The van der Waals surface area contributed by atoms with Crippen LogP contribution >= 0.6 is 15.9 Å². The topological polar surface area (TPSA) is 80.0 Å². The van der Waals surface area contributed by atoms with Gasteiger partial charge in [-0.2, -0.15) is 0 Å². The maximum atomic E-state index is 13.3. The van der Waals surface area contributed by atoms with Crippen molar-refractivity contribution in [3.8, 4) is 0 Å². The largest absolute Gasteiger partial charge is 0.467 e. The van der Waals surface area contributed by atoms with Gasteiger partial charge in [-0.05, 0) is 42.5 Å². The number of carbonyl (C=O) groups excluding carboxylic acids is 2. The summed E-state index contributed by atoms with van der Waals surface area (Å²) in [6.07, 6.45) is 3.51. The van der Waals surface area contributed by atoms with Crippen LogP contribution in [0, 0.1) is 0 Å². The van der Waals surface area contributed by atoms with E-state index in [4.69, 9.17) is 9.15 Å². The van der Waals surface area contributed by atoms with Gasteiger partial charge in [0.25, 0.3) is 0 Å². The summed E-state index contributed by atoms with van der Waals surface area (Å²) in [5, 5.41) is 2.84. The summed E-state index contributed by atoms with van der Waals surface area (Å²) in [6.45, 7) is 1.21. The fourth-order valence-corrected chi connectivity index (χ4v) is 3.56. The molecule has 170 valence electrons. The second-order valence-electron chi connectivity index (χ2n) is 7.29. The zero-order chi connectivity index (χ0) is 22.9. The summed E-state index contributed by atoms with van der Waals surface area (Å²) in [4.78, 5) is 29.4. The number of amides is 3. The Kier molecular flexibility index (Phi) is 8.52. The molecule has 0 unspecified atom stereocenters. The predicted molar refractivity (Wildman–Crippen MR) is 125 cm³/mol. The third-order valence-corrected chi connectivity index (χ3v) is 5.43. The Morgan fingerprint density at radius 2 is 1.97 bits per heavy atom. The molecule has 0 saturated carbocycles. The Balaban J connectivity index is 1.74. The number of nitrogens with zero attached hydrogens (tertiary/aromatic N) is 3. The number of furan rings is 1. The lowest BCUT2D eigenvalue weighted by atomic mass is 10.3. The van der Waals surface area contributed by atoms with Gasteiger partial charge in [-0.1, -0.05) is 22.0 Å². The first kappa shape index (κ1) is 23.6. The number of nitrogens with one attached hydrogen (secondary N) is 1. The van der Waals surface area contributed by atoms with E-state index in [1.165, 1.54) is 4.90 Å². The van der Waals surface area contributed by atoms with E-state index in [0.717, 1.165) is 10.2 Å². The first-order valence-electron chi connectivity index (χ1n) is 10.2. The number of benzene rings is 1. The molecule has 0 aliphatic heterocycles. The lowest BCUT2D eigenvalue weighted by molar-refractivity contribution is -0.133. The highest BCUT2D eigenvalue weighted by molar-refractivity contribution is 9.10. The SMILES string of the molecule is COCCN(CC(=O)N(Cc1ccco1)Cc1cccn1C)C(=O)Nc1cccc(Br)c1. The number of carbonyl (C=O) groups is 2. The summed E-state index contributed by atoms with van der Waals surface area (Å²) in [5.74, 6) is 0.484. The number of halogens is 1. The summed E-state index contributed by atoms with van der Waals surface area (Å²) < 4.78 is 13.4. The van der Waals surface area contributed by atoms with Crippen LogP contribution in [-0.4, -0.2) is 53.1 Å². The maximum Gasteiger partial charge on any atom is 0.322 e. The summed E-state index contributed by atoms with van der Waals surface area (Å²) in [7, 11) is 3.49. The van der Waals surface area contributed by atoms with Crippen LogP contribution in [0.5, 0.6) is 0 Å². The second-order valence-corrected chi connectivity index (χ2v) is 8.21. The van der Waals surface area contributed by atoms with E-state index >= 15 is 0 Å². The van der Waals surface area contributed by atoms with E-state index in [1.54, 1.807) is 36.5 Å². The van der Waals surface area contributed by atoms with Gasteiger partial charge in [0.05, 0.1) is 26.0 Å².